The van der Waals surface area contributed by atoms with E-state index in [4.69, 9.17) is 4.74 Å². The second-order valence-corrected chi connectivity index (χ2v) is 9.59. The third-order valence-electron chi connectivity index (χ3n) is 5.52. The first-order valence-electron chi connectivity index (χ1n) is 10.3. The fraction of sp³-hybridized carbons (Fsp3) is 0.364. The van der Waals surface area contributed by atoms with Crippen molar-refractivity contribution in [1.82, 2.24) is 19.9 Å². The fourth-order valence-electron chi connectivity index (χ4n) is 4.09. The summed E-state index contributed by atoms with van der Waals surface area (Å²) >= 11 is 0. The number of piperidine rings is 1. The molecule has 3 aromatic rings. The molecule has 4 rings (SSSR count). The van der Waals surface area contributed by atoms with Crippen LogP contribution in [0.1, 0.15) is 30.0 Å². The number of hydrogen-bond acceptors (Lipinski definition) is 6. The Bertz CT molecular complexity index is 1120. The standard InChI is InChI=1S/C22H27N5O3S/c1-30-22-20(9-6-10-21(22)24-31(2,28)29)17-11-13-26(14-12-17)15-18-16-27(25-23-18)19-7-4-3-5-8-19/h3-10,16-17,24H,11-15H2,1-2H3. The Hall–Kier alpha value is -2.91. The molecular weight excluding hydrogens is 414 g/mol. The van der Waals surface area contributed by atoms with Crippen LogP contribution in [0.5, 0.6) is 5.75 Å². The third kappa shape index (κ3) is 5.23. The third-order valence-corrected chi connectivity index (χ3v) is 6.11. The minimum absolute atomic E-state index is 0.313. The molecule has 2 aromatic carbocycles. The number of hydrogen-bond donors (Lipinski definition) is 1. The Kier molecular flexibility index (Phi) is 6.24. The summed E-state index contributed by atoms with van der Waals surface area (Å²) in [5.41, 5.74) is 3.47. The number of para-hydroxylation sites is 2. The van der Waals surface area contributed by atoms with Crippen LogP contribution in [0.25, 0.3) is 5.69 Å². The summed E-state index contributed by atoms with van der Waals surface area (Å²) in [6.07, 6.45) is 5.05. The molecule has 31 heavy (non-hydrogen) atoms. The summed E-state index contributed by atoms with van der Waals surface area (Å²) in [5, 5.41) is 8.57. The molecular formula is C22H27N5O3S. The van der Waals surface area contributed by atoms with Gasteiger partial charge in [-0.15, -0.1) is 5.10 Å². The van der Waals surface area contributed by atoms with Crippen LogP contribution >= 0.6 is 0 Å². The molecule has 0 amide bonds. The zero-order valence-electron chi connectivity index (χ0n) is 17.7. The van der Waals surface area contributed by atoms with Gasteiger partial charge in [-0.25, -0.2) is 13.1 Å². The van der Waals surface area contributed by atoms with Crippen molar-refractivity contribution in [2.24, 2.45) is 0 Å². The Balaban J connectivity index is 1.40. The summed E-state index contributed by atoms with van der Waals surface area (Å²) in [4.78, 5) is 2.38. The van der Waals surface area contributed by atoms with Crippen LogP contribution < -0.4 is 9.46 Å². The Labute approximate surface area is 182 Å². The van der Waals surface area contributed by atoms with Gasteiger partial charge in [0.05, 0.1) is 36.6 Å². The van der Waals surface area contributed by atoms with Gasteiger partial charge in [0.2, 0.25) is 10.0 Å². The molecule has 8 nitrogen and oxygen atoms in total. The van der Waals surface area contributed by atoms with E-state index in [0.29, 0.717) is 17.4 Å². The predicted octanol–water partition coefficient (Wildman–Crippen LogP) is 3.03. The van der Waals surface area contributed by atoms with Gasteiger partial charge in [-0.05, 0) is 55.6 Å². The Morgan fingerprint density at radius 3 is 2.52 bits per heavy atom. The summed E-state index contributed by atoms with van der Waals surface area (Å²) in [7, 11) is -1.79. The smallest absolute Gasteiger partial charge is 0.229 e. The number of sulfonamides is 1. The first-order valence-corrected chi connectivity index (χ1v) is 12.2. The molecule has 9 heteroatoms. The van der Waals surface area contributed by atoms with Crippen LogP contribution in [0.3, 0.4) is 0 Å². The predicted molar refractivity (Wildman–Crippen MR) is 120 cm³/mol. The summed E-state index contributed by atoms with van der Waals surface area (Å²) in [5.74, 6) is 0.921. The van der Waals surface area contributed by atoms with E-state index in [1.807, 2.05) is 48.7 Å². The molecule has 0 atom stereocenters. The van der Waals surface area contributed by atoms with Crippen molar-refractivity contribution in [2.45, 2.75) is 25.3 Å². The Morgan fingerprint density at radius 2 is 1.84 bits per heavy atom. The normalized spacial score (nSPS) is 15.7. The maximum Gasteiger partial charge on any atom is 0.229 e. The molecule has 1 aliphatic heterocycles. The molecule has 164 valence electrons. The van der Waals surface area contributed by atoms with Gasteiger partial charge in [0.1, 0.15) is 5.75 Å². The number of rotatable bonds is 7. The van der Waals surface area contributed by atoms with Crippen molar-refractivity contribution in [3.8, 4) is 11.4 Å². The maximum absolute atomic E-state index is 11.7. The monoisotopic (exact) mass is 441 g/mol. The minimum atomic E-state index is -3.37. The lowest BCUT2D eigenvalue weighted by Crippen LogP contribution is -2.32. The second kappa shape index (κ2) is 9.07. The van der Waals surface area contributed by atoms with Crippen LogP contribution in [0, 0.1) is 0 Å². The number of benzene rings is 2. The molecule has 0 aliphatic carbocycles. The number of anilines is 1. The minimum Gasteiger partial charge on any atom is -0.494 e. The lowest BCUT2D eigenvalue weighted by atomic mass is 9.88. The molecule has 0 unspecified atom stereocenters. The SMILES string of the molecule is COc1c(NS(C)(=O)=O)cccc1C1CCN(Cc2cn(-c3ccccc3)nn2)CC1. The van der Waals surface area contributed by atoms with Crippen molar-refractivity contribution in [2.75, 3.05) is 31.2 Å². The van der Waals surface area contributed by atoms with Crippen molar-refractivity contribution in [1.29, 1.82) is 0 Å². The number of likely N-dealkylation sites (tertiary alicyclic amines) is 1. The van der Waals surface area contributed by atoms with Crippen LogP contribution in [-0.4, -0.2) is 54.8 Å². The summed E-state index contributed by atoms with van der Waals surface area (Å²) < 4.78 is 33.3. The van der Waals surface area contributed by atoms with Gasteiger partial charge in [-0.3, -0.25) is 9.62 Å². The van der Waals surface area contributed by atoms with E-state index in [0.717, 1.165) is 55.7 Å². The van der Waals surface area contributed by atoms with Crippen molar-refractivity contribution in [3.05, 3.63) is 66.0 Å². The van der Waals surface area contributed by atoms with Crippen LogP contribution in [0.2, 0.25) is 0 Å². The number of ether oxygens (including phenoxy) is 1. The van der Waals surface area contributed by atoms with Gasteiger partial charge >= 0.3 is 0 Å². The zero-order valence-corrected chi connectivity index (χ0v) is 18.5. The molecule has 0 saturated carbocycles. The first kappa shape index (κ1) is 21.3. The highest BCUT2D eigenvalue weighted by Gasteiger charge is 2.25. The van der Waals surface area contributed by atoms with Gasteiger partial charge in [-0.1, -0.05) is 35.5 Å². The molecule has 1 aromatic heterocycles. The number of methoxy groups -OCH3 is 1. The molecule has 1 saturated heterocycles. The average Bonchev–Trinajstić information content (AvgIpc) is 3.22. The van der Waals surface area contributed by atoms with Crippen molar-refractivity contribution >= 4 is 15.7 Å². The van der Waals surface area contributed by atoms with Crippen LogP contribution in [0.15, 0.2) is 54.7 Å². The average molecular weight is 442 g/mol. The lowest BCUT2D eigenvalue weighted by molar-refractivity contribution is 0.201. The van der Waals surface area contributed by atoms with E-state index in [1.165, 1.54) is 0 Å². The summed E-state index contributed by atoms with van der Waals surface area (Å²) in [6.45, 7) is 2.61. The largest absolute Gasteiger partial charge is 0.494 e. The van der Waals surface area contributed by atoms with Gasteiger partial charge in [0, 0.05) is 6.54 Å². The van der Waals surface area contributed by atoms with E-state index in [-0.39, 0.29) is 0 Å². The number of nitrogens with one attached hydrogen (secondary N) is 1. The molecule has 1 N–H and O–H groups in total. The lowest BCUT2D eigenvalue weighted by Gasteiger charge is -2.32. The van der Waals surface area contributed by atoms with Gasteiger partial charge in [0.25, 0.3) is 0 Å². The highest BCUT2D eigenvalue weighted by Crippen LogP contribution is 2.39. The molecule has 1 fully saturated rings. The second-order valence-electron chi connectivity index (χ2n) is 7.84. The molecule has 0 spiro atoms. The van der Waals surface area contributed by atoms with Gasteiger partial charge < -0.3 is 4.74 Å². The fourth-order valence-corrected chi connectivity index (χ4v) is 4.65. The molecule has 0 bridgehead atoms. The van der Waals surface area contributed by atoms with E-state index in [9.17, 15) is 8.42 Å². The van der Waals surface area contributed by atoms with Crippen molar-refractivity contribution in [3.63, 3.8) is 0 Å². The quantitative estimate of drug-likeness (QED) is 0.606. The summed E-state index contributed by atoms with van der Waals surface area (Å²) in [6, 6.07) is 15.6. The first-order chi connectivity index (χ1) is 14.9. The van der Waals surface area contributed by atoms with E-state index < -0.39 is 10.0 Å². The maximum atomic E-state index is 11.7. The molecule has 2 heterocycles. The number of aromatic nitrogens is 3. The van der Waals surface area contributed by atoms with E-state index in [2.05, 4.69) is 19.9 Å². The Morgan fingerprint density at radius 1 is 1.10 bits per heavy atom. The number of nitrogens with zero attached hydrogens (tertiary/aromatic N) is 4. The van der Waals surface area contributed by atoms with E-state index in [1.54, 1.807) is 17.9 Å². The molecule has 0 radical (unpaired) electrons. The van der Waals surface area contributed by atoms with Crippen LogP contribution in [0.4, 0.5) is 5.69 Å². The zero-order chi connectivity index (χ0) is 21.8. The van der Waals surface area contributed by atoms with Crippen LogP contribution in [-0.2, 0) is 16.6 Å². The van der Waals surface area contributed by atoms with Gasteiger partial charge in [0.15, 0.2) is 0 Å². The van der Waals surface area contributed by atoms with E-state index >= 15 is 0 Å². The topological polar surface area (TPSA) is 89.4 Å². The highest BCUT2D eigenvalue weighted by molar-refractivity contribution is 7.92. The highest BCUT2D eigenvalue weighted by atomic mass is 32.2. The van der Waals surface area contributed by atoms with Gasteiger partial charge in [-0.2, -0.15) is 0 Å². The van der Waals surface area contributed by atoms with Crippen molar-refractivity contribution < 1.29 is 13.2 Å². The molecule has 1 aliphatic rings.